The Balaban J connectivity index is 1.98. The molecule has 0 aliphatic carbocycles. The second kappa shape index (κ2) is 3.24. The molecule has 0 spiro atoms. The maximum Gasteiger partial charge on any atom is 0.116 e. The number of hydrogen-bond donors (Lipinski definition) is 0. The van der Waals surface area contributed by atoms with Crippen molar-refractivity contribution in [1.82, 2.24) is 0 Å². The van der Waals surface area contributed by atoms with Crippen LogP contribution in [0.2, 0.25) is 0 Å². The molecule has 1 unspecified atom stereocenters. The van der Waals surface area contributed by atoms with Gasteiger partial charge >= 0.3 is 0 Å². The molecule has 0 bridgehead atoms. The molecule has 2 nitrogen and oxygen atoms in total. The molecule has 2 heteroatoms. The van der Waals surface area contributed by atoms with E-state index in [0.717, 1.165) is 6.61 Å². The highest BCUT2D eigenvalue weighted by atomic mass is 16.6. The Hall–Kier alpha value is -1.02. The molecule has 3 rings (SSSR count). The minimum absolute atomic E-state index is 0.000810. The number of nitrogens with zero attached hydrogens (tertiary/aromatic N) is 1. The topological polar surface area (TPSA) is 15.8 Å². The van der Waals surface area contributed by atoms with Gasteiger partial charge in [-0.2, -0.15) is 0 Å². The fourth-order valence-electron chi connectivity index (χ4n) is 2.42. The molecular formula is C13H17NO. The Morgan fingerprint density at radius 1 is 1.20 bits per heavy atom. The second-order valence-electron chi connectivity index (χ2n) is 4.73. The lowest BCUT2D eigenvalue weighted by Crippen LogP contribution is -2.21. The van der Waals surface area contributed by atoms with E-state index in [1.807, 2.05) is 0 Å². The van der Waals surface area contributed by atoms with Gasteiger partial charge in [0, 0.05) is 24.3 Å². The average molecular weight is 203 g/mol. The maximum absolute atomic E-state index is 5.56. The van der Waals surface area contributed by atoms with Crippen molar-refractivity contribution in [3.63, 3.8) is 0 Å². The van der Waals surface area contributed by atoms with Gasteiger partial charge in [-0.25, -0.2) is 0 Å². The molecule has 2 saturated heterocycles. The van der Waals surface area contributed by atoms with Crippen molar-refractivity contribution in [2.45, 2.75) is 25.4 Å². The molecule has 0 radical (unpaired) electrons. The van der Waals surface area contributed by atoms with Crippen LogP contribution < -0.4 is 4.90 Å². The minimum atomic E-state index is -0.000810. The molecule has 2 fully saturated rings. The molecule has 15 heavy (non-hydrogen) atoms. The average Bonchev–Trinajstić information content (AvgIpc) is 2.84. The largest absolute Gasteiger partial charge is 0.371 e. The number of hydrogen-bond acceptors (Lipinski definition) is 2. The highest BCUT2D eigenvalue weighted by molar-refractivity contribution is 5.57. The van der Waals surface area contributed by atoms with Crippen molar-refractivity contribution >= 4 is 5.69 Å². The third-order valence-electron chi connectivity index (χ3n) is 3.50. The number of para-hydroxylation sites is 1. The Labute approximate surface area is 90.8 Å². The van der Waals surface area contributed by atoms with Crippen LogP contribution in [0.15, 0.2) is 24.3 Å². The first-order valence-electron chi connectivity index (χ1n) is 5.78. The maximum atomic E-state index is 5.56. The molecule has 0 amide bonds. The van der Waals surface area contributed by atoms with E-state index in [4.69, 9.17) is 4.74 Å². The SMILES string of the molecule is CC1(c2ccccc2N2CCCC2)CO1. The zero-order valence-electron chi connectivity index (χ0n) is 9.20. The quantitative estimate of drug-likeness (QED) is 0.686. The van der Waals surface area contributed by atoms with Crippen LogP contribution >= 0.6 is 0 Å². The van der Waals surface area contributed by atoms with Crippen molar-refractivity contribution in [3.8, 4) is 0 Å². The Kier molecular flexibility index (Phi) is 1.99. The molecule has 0 aromatic heterocycles. The van der Waals surface area contributed by atoms with Crippen molar-refractivity contribution < 1.29 is 4.74 Å². The van der Waals surface area contributed by atoms with Gasteiger partial charge in [0.1, 0.15) is 5.60 Å². The number of epoxide rings is 1. The molecule has 0 saturated carbocycles. The van der Waals surface area contributed by atoms with Gasteiger partial charge in [0.05, 0.1) is 6.61 Å². The summed E-state index contributed by atoms with van der Waals surface area (Å²) in [4.78, 5) is 2.49. The van der Waals surface area contributed by atoms with Gasteiger partial charge in [-0.05, 0) is 25.8 Å². The first-order chi connectivity index (χ1) is 7.30. The van der Waals surface area contributed by atoms with Crippen LogP contribution in [0.25, 0.3) is 0 Å². The van der Waals surface area contributed by atoms with Crippen LogP contribution in [0.4, 0.5) is 5.69 Å². The number of benzene rings is 1. The Bertz CT molecular complexity index is 365. The predicted molar refractivity (Wildman–Crippen MR) is 61.2 cm³/mol. The van der Waals surface area contributed by atoms with Crippen LogP contribution in [0.1, 0.15) is 25.3 Å². The summed E-state index contributed by atoms with van der Waals surface area (Å²) in [6, 6.07) is 8.68. The van der Waals surface area contributed by atoms with Crippen LogP contribution in [-0.4, -0.2) is 19.7 Å². The number of anilines is 1. The summed E-state index contributed by atoms with van der Waals surface area (Å²) < 4.78 is 5.56. The predicted octanol–water partition coefficient (Wildman–Crippen LogP) is 2.53. The molecule has 1 aromatic rings. The summed E-state index contributed by atoms with van der Waals surface area (Å²) in [5, 5.41) is 0. The number of ether oxygens (including phenoxy) is 1. The standard InChI is InChI=1S/C13H17NO/c1-13(10-15-13)11-6-2-3-7-12(11)14-8-4-5-9-14/h2-3,6-7H,4-5,8-10H2,1H3. The van der Waals surface area contributed by atoms with Crippen LogP contribution in [0.3, 0.4) is 0 Å². The molecular weight excluding hydrogens is 186 g/mol. The molecule has 2 aliphatic heterocycles. The van der Waals surface area contributed by atoms with E-state index in [0.29, 0.717) is 0 Å². The molecule has 2 heterocycles. The molecule has 1 atom stereocenters. The van der Waals surface area contributed by atoms with Crippen molar-refractivity contribution in [1.29, 1.82) is 0 Å². The fraction of sp³-hybridized carbons (Fsp3) is 0.538. The van der Waals surface area contributed by atoms with Crippen molar-refractivity contribution in [2.24, 2.45) is 0 Å². The lowest BCUT2D eigenvalue weighted by molar-refractivity contribution is 0.330. The summed E-state index contributed by atoms with van der Waals surface area (Å²) in [7, 11) is 0. The Morgan fingerprint density at radius 2 is 1.87 bits per heavy atom. The molecule has 0 N–H and O–H groups in total. The molecule has 2 aliphatic rings. The van der Waals surface area contributed by atoms with E-state index >= 15 is 0 Å². The zero-order chi connectivity index (χ0) is 10.3. The van der Waals surface area contributed by atoms with E-state index in [1.165, 1.54) is 37.2 Å². The van der Waals surface area contributed by atoms with Gasteiger partial charge in [0.25, 0.3) is 0 Å². The lowest BCUT2D eigenvalue weighted by atomic mass is 9.99. The first kappa shape index (κ1) is 9.22. The minimum Gasteiger partial charge on any atom is -0.371 e. The van der Waals surface area contributed by atoms with Gasteiger partial charge in [-0.1, -0.05) is 18.2 Å². The zero-order valence-corrected chi connectivity index (χ0v) is 9.20. The van der Waals surface area contributed by atoms with E-state index in [1.54, 1.807) is 0 Å². The lowest BCUT2D eigenvalue weighted by Gasteiger charge is -2.22. The molecule has 80 valence electrons. The first-order valence-corrected chi connectivity index (χ1v) is 5.78. The van der Waals surface area contributed by atoms with Crippen LogP contribution in [-0.2, 0) is 10.3 Å². The summed E-state index contributed by atoms with van der Waals surface area (Å²) in [6.45, 7) is 5.46. The highest BCUT2D eigenvalue weighted by Crippen LogP contribution is 2.43. The van der Waals surface area contributed by atoms with Crippen molar-refractivity contribution in [3.05, 3.63) is 29.8 Å². The van der Waals surface area contributed by atoms with Gasteiger partial charge in [0.2, 0.25) is 0 Å². The van der Waals surface area contributed by atoms with Gasteiger partial charge in [-0.15, -0.1) is 0 Å². The molecule has 1 aromatic carbocycles. The summed E-state index contributed by atoms with van der Waals surface area (Å²) >= 11 is 0. The van der Waals surface area contributed by atoms with E-state index < -0.39 is 0 Å². The summed E-state index contributed by atoms with van der Waals surface area (Å²) in [5.74, 6) is 0. The normalized spacial score (nSPS) is 29.5. The smallest absolute Gasteiger partial charge is 0.116 e. The summed E-state index contributed by atoms with van der Waals surface area (Å²) in [5.41, 5.74) is 2.75. The third-order valence-corrected chi connectivity index (χ3v) is 3.50. The van der Waals surface area contributed by atoms with E-state index in [9.17, 15) is 0 Å². The van der Waals surface area contributed by atoms with Crippen LogP contribution in [0.5, 0.6) is 0 Å². The van der Waals surface area contributed by atoms with Gasteiger partial charge in [-0.3, -0.25) is 0 Å². The van der Waals surface area contributed by atoms with Crippen LogP contribution in [0, 0.1) is 0 Å². The number of rotatable bonds is 2. The monoisotopic (exact) mass is 203 g/mol. The summed E-state index contributed by atoms with van der Waals surface area (Å²) in [6.07, 6.45) is 2.65. The third kappa shape index (κ3) is 1.53. The van der Waals surface area contributed by atoms with Gasteiger partial charge < -0.3 is 9.64 Å². The Morgan fingerprint density at radius 3 is 2.53 bits per heavy atom. The van der Waals surface area contributed by atoms with E-state index in [2.05, 4.69) is 36.1 Å². The second-order valence-corrected chi connectivity index (χ2v) is 4.73. The van der Waals surface area contributed by atoms with Crippen molar-refractivity contribution in [2.75, 3.05) is 24.6 Å². The highest BCUT2D eigenvalue weighted by Gasteiger charge is 2.43. The fourth-order valence-corrected chi connectivity index (χ4v) is 2.42. The van der Waals surface area contributed by atoms with Gasteiger partial charge in [0.15, 0.2) is 0 Å². The van der Waals surface area contributed by atoms with E-state index in [-0.39, 0.29) is 5.60 Å².